The highest BCUT2D eigenvalue weighted by atomic mass is 19.1. The number of halogens is 1. The van der Waals surface area contributed by atoms with Gasteiger partial charge in [0, 0.05) is 12.1 Å². The van der Waals surface area contributed by atoms with Crippen LogP contribution >= 0.6 is 0 Å². The van der Waals surface area contributed by atoms with Crippen molar-refractivity contribution < 1.29 is 18.6 Å². The minimum absolute atomic E-state index is 0.155. The minimum atomic E-state index is -0.396. The maximum Gasteiger partial charge on any atom is 0.231 e. The highest BCUT2D eigenvalue weighted by Gasteiger charge is 2.37. The number of rotatable bonds is 3. The maximum atomic E-state index is 14.4. The third-order valence-corrected chi connectivity index (χ3v) is 5.21. The number of likely N-dealkylation sites (N-methyl/N-ethyl adjacent to an activating group) is 1. The van der Waals surface area contributed by atoms with Crippen molar-refractivity contribution in [2.45, 2.75) is 12.5 Å². The number of nitrogens with zero attached hydrogens (tertiary/aromatic N) is 5. The fourth-order valence-corrected chi connectivity index (χ4v) is 3.92. The molecule has 0 saturated carbocycles. The molecule has 0 aliphatic carbocycles. The molecule has 144 valence electrons. The van der Waals surface area contributed by atoms with Gasteiger partial charge in [-0.05, 0) is 47.7 Å². The van der Waals surface area contributed by atoms with Crippen molar-refractivity contribution in [2.24, 2.45) is 0 Å². The molecule has 0 radical (unpaired) electrons. The van der Waals surface area contributed by atoms with E-state index in [1.165, 1.54) is 10.7 Å². The number of fused-ring (bicyclic) bond motifs is 2. The lowest BCUT2D eigenvalue weighted by Crippen LogP contribution is -2.35. The molecule has 2 aromatic carbocycles. The van der Waals surface area contributed by atoms with Crippen LogP contribution in [-0.2, 0) is 6.42 Å². The lowest BCUT2D eigenvalue weighted by molar-refractivity contribution is 0.170. The molecular weight excluding hydrogens is 365 g/mol. The van der Waals surface area contributed by atoms with Crippen molar-refractivity contribution in [1.29, 1.82) is 0 Å². The Hall–Kier alpha value is -3.20. The van der Waals surface area contributed by atoms with Gasteiger partial charge in [-0.15, -0.1) is 5.10 Å². The Bertz CT molecular complexity index is 1050. The summed E-state index contributed by atoms with van der Waals surface area (Å²) in [5.74, 6) is 1.96. The Balaban J connectivity index is 1.72. The van der Waals surface area contributed by atoms with Gasteiger partial charge in [-0.3, -0.25) is 4.90 Å². The first kappa shape index (κ1) is 16.9. The standard InChI is InChI=1S/C19H18FN5O3/c1-24-8-7-11-9-14-17(28-10-27-14)18(26-2)15(11)16(24)19-21-22-23-25(19)13-6-4-3-5-12(13)20/h3-6,9,16H,7-8,10H2,1-2H3. The first-order chi connectivity index (χ1) is 13.7. The van der Waals surface area contributed by atoms with Gasteiger partial charge in [0.05, 0.1) is 7.11 Å². The Morgan fingerprint density at radius 3 is 2.93 bits per heavy atom. The van der Waals surface area contributed by atoms with Gasteiger partial charge in [0.2, 0.25) is 12.5 Å². The molecule has 0 fully saturated rings. The van der Waals surface area contributed by atoms with Gasteiger partial charge in [-0.1, -0.05) is 12.1 Å². The summed E-state index contributed by atoms with van der Waals surface area (Å²) in [5.41, 5.74) is 2.28. The fourth-order valence-electron chi connectivity index (χ4n) is 3.92. The SMILES string of the molecule is COc1c2c(cc3c1C(c1nnnn1-c1ccccc1F)N(C)CC3)OCO2. The van der Waals surface area contributed by atoms with Crippen molar-refractivity contribution >= 4 is 0 Å². The van der Waals surface area contributed by atoms with Gasteiger partial charge in [0.25, 0.3) is 0 Å². The molecule has 3 aromatic rings. The third kappa shape index (κ3) is 2.43. The van der Waals surface area contributed by atoms with E-state index in [4.69, 9.17) is 14.2 Å². The smallest absolute Gasteiger partial charge is 0.231 e. The van der Waals surface area contributed by atoms with Crippen molar-refractivity contribution in [3.8, 4) is 22.9 Å². The Morgan fingerprint density at radius 2 is 2.11 bits per heavy atom. The zero-order valence-electron chi connectivity index (χ0n) is 15.4. The van der Waals surface area contributed by atoms with Crippen LogP contribution in [0.5, 0.6) is 17.2 Å². The summed E-state index contributed by atoms with van der Waals surface area (Å²) in [6.45, 7) is 0.937. The second-order valence-corrected chi connectivity index (χ2v) is 6.75. The summed E-state index contributed by atoms with van der Waals surface area (Å²) < 4.78 is 32.8. The molecule has 8 nitrogen and oxygen atoms in total. The zero-order chi connectivity index (χ0) is 19.3. The summed E-state index contributed by atoms with van der Waals surface area (Å²) in [4.78, 5) is 2.12. The van der Waals surface area contributed by atoms with Gasteiger partial charge < -0.3 is 14.2 Å². The lowest BCUT2D eigenvalue weighted by Gasteiger charge is -2.34. The Kier molecular flexibility index (Phi) is 3.90. The number of aromatic nitrogens is 4. The average Bonchev–Trinajstić information content (AvgIpc) is 3.36. The number of tetrazole rings is 1. The Morgan fingerprint density at radius 1 is 1.25 bits per heavy atom. The van der Waals surface area contributed by atoms with Crippen LogP contribution in [0.4, 0.5) is 4.39 Å². The topological polar surface area (TPSA) is 74.5 Å². The zero-order valence-corrected chi connectivity index (χ0v) is 15.4. The molecule has 9 heteroatoms. The third-order valence-electron chi connectivity index (χ3n) is 5.21. The first-order valence-electron chi connectivity index (χ1n) is 8.92. The van der Waals surface area contributed by atoms with Crippen LogP contribution in [0.25, 0.3) is 5.69 Å². The van der Waals surface area contributed by atoms with Crippen molar-refractivity contribution in [1.82, 2.24) is 25.1 Å². The van der Waals surface area contributed by atoms with Gasteiger partial charge in [-0.2, -0.15) is 4.68 Å². The van der Waals surface area contributed by atoms with E-state index in [1.54, 1.807) is 25.3 Å². The molecule has 0 amide bonds. The fraction of sp³-hybridized carbons (Fsp3) is 0.316. The van der Waals surface area contributed by atoms with E-state index < -0.39 is 5.82 Å². The highest BCUT2D eigenvalue weighted by molar-refractivity contribution is 5.62. The average molecular weight is 383 g/mol. The number of methoxy groups -OCH3 is 1. The molecule has 5 rings (SSSR count). The van der Waals surface area contributed by atoms with E-state index in [2.05, 4.69) is 20.4 Å². The maximum absolute atomic E-state index is 14.4. The van der Waals surface area contributed by atoms with Gasteiger partial charge in [0.15, 0.2) is 17.3 Å². The number of hydrogen-bond donors (Lipinski definition) is 0. The van der Waals surface area contributed by atoms with E-state index in [0.717, 1.165) is 24.1 Å². The van der Waals surface area contributed by atoms with E-state index in [-0.39, 0.29) is 12.8 Å². The van der Waals surface area contributed by atoms with Crippen LogP contribution in [0.2, 0.25) is 0 Å². The summed E-state index contributed by atoms with van der Waals surface area (Å²) >= 11 is 0. The summed E-state index contributed by atoms with van der Waals surface area (Å²) in [5, 5.41) is 12.1. The summed E-state index contributed by atoms with van der Waals surface area (Å²) in [6, 6.07) is 8.07. The van der Waals surface area contributed by atoms with Crippen molar-refractivity contribution in [2.75, 3.05) is 27.5 Å². The van der Waals surface area contributed by atoms with E-state index in [1.807, 2.05) is 13.1 Å². The minimum Gasteiger partial charge on any atom is -0.492 e. The quantitative estimate of drug-likeness (QED) is 0.686. The van der Waals surface area contributed by atoms with Crippen molar-refractivity contribution in [3.63, 3.8) is 0 Å². The predicted molar refractivity (Wildman–Crippen MR) is 96.4 cm³/mol. The number of benzene rings is 2. The molecule has 28 heavy (non-hydrogen) atoms. The second kappa shape index (κ2) is 6.45. The van der Waals surface area contributed by atoms with Crippen LogP contribution in [-0.4, -0.2) is 52.6 Å². The number of para-hydroxylation sites is 1. The Labute approximate surface area is 160 Å². The van der Waals surface area contributed by atoms with Crippen LogP contribution < -0.4 is 14.2 Å². The molecular formula is C19H18FN5O3. The van der Waals surface area contributed by atoms with Gasteiger partial charge >= 0.3 is 0 Å². The molecule has 1 atom stereocenters. The molecule has 0 bridgehead atoms. The molecule has 3 heterocycles. The molecule has 1 aromatic heterocycles. The van der Waals surface area contributed by atoms with Gasteiger partial charge in [-0.25, -0.2) is 4.39 Å². The van der Waals surface area contributed by atoms with Crippen LogP contribution in [0, 0.1) is 5.82 Å². The molecule has 0 saturated heterocycles. The second-order valence-electron chi connectivity index (χ2n) is 6.75. The first-order valence-corrected chi connectivity index (χ1v) is 8.92. The van der Waals surface area contributed by atoms with Crippen molar-refractivity contribution in [3.05, 3.63) is 53.1 Å². The summed E-state index contributed by atoms with van der Waals surface area (Å²) in [7, 11) is 3.58. The normalized spacial score (nSPS) is 18.2. The molecule has 2 aliphatic heterocycles. The van der Waals surface area contributed by atoms with E-state index in [9.17, 15) is 4.39 Å². The summed E-state index contributed by atoms with van der Waals surface area (Å²) in [6.07, 6.45) is 0.816. The van der Waals surface area contributed by atoms with Crippen LogP contribution in [0.15, 0.2) is 30.3 Å². The number of hydrogen-bond acceptors (Lipinski definition) is 7. The highest BCUT2D eigenvalue weighted by Crippen LogP contribution is 2.50. The van der Waals surface area contributed by atoms with E-state index >= 15 is 0 Å². The van der Waals surface area contributed by atoms with Crippen LogP contribution in [0.3, 0.4) is 0 Å². The predicted octanol–water partition coefficient (Wildman–Crippen LogP) is 2.12. The molecule has 0 N–H and O–H groups in total. The molecule has 0 spiro atoms. The van der Waals surface area contributed by atoms with E-state index in [0.29, 0.717) is 28.8 Å². The monoisotopic (exact) mass is 383 g/mol. The van der Waals surface area contributed by atoms with Crippen LogP contribution in [0.1, 0.15) is 23.0 Å². The molecule has 1 unspecified atom stereocenters. The lowest BCUT2D eigenvalue weighted by atomic mass is 9.90. The largest absolute Gasteiger partial charge is 0.492 e. The van der Waals surface area contributed by atoms with Gasteiger partial charge in [0.1, 0.15) is 17.5 Å². The number of ether oxygens (including phenoxy) is 3. The molecule has 2 aliphatic rings.